The molecule has 4 heteroatoms. The normalized spacial score (nSPS) is 11.9. The average molecular weight is 279 g/mol. The number of aliphatic hydroxyl groups excluding tert-OH is 1. The van der Waals surface area contributed by atoms with E-state index in [2.05, 4.69) is 32.6 Å². The van der Waals surface area contributed by atoms with Gasteiger partial charge in [-0.05, 0) is 31.4 Å². The van der Waals surface area contributed by atoms with Gasteiger partial charge in [0.15, 0.2) is 0 Å². The fraction of sp³-hybridized carbons (Fsp3) is 0.533. The lowest BCUT2D eigenvalue weighted by Gasteiger charge is -2.25. The summed E-state index contributed by atoms with van der Waals surface area (Å²) < 4.78 is 0. The van der Waals surface area contributed by atoms with Crippen LogP contribution in [-0.4, -0.2) is 35.6 Å². The first-order chi connectivity index (χ1) is 8.95. The number of carbonyl (C=O) groups is 1. The quantitative estimate of drug-likeness (QED) is 0.861. The second-order valence-corrected chi connectivity index (χ2v) is 6.10. The summed E-state index contributed by atoms with van der Waals surface area (Å²) in [5, 5.41) is 8.64. The van der Waals surface area contributed by atoms with Crippen LogP contribution in [0.25, 0.3) is 0 Å². The highest BCUT2D eigenvalue weighted by molar-refractivity contribution is 7.14. The average Bonchev–Trinajstić information content (AvgIpc) is 2.82. The van der Waals surface area contributed by atoms with Crippen molar-refractivity contribution >= 4 is 17.2 Å². The number of rotatable bonds is 4. The Bertz CT molecular complexity index is 482. The van der Waals surface area contributed by atoms with E-state index in [0.717, 1.165) is 11.3 Å². The molecule has 0 aromatic carbocycles. The van der Waals surface area contributed by atoms with Crippen molar-refractivity contribution in [2.75, 3.05) is 13.7 Å². The molecule has 1 aromatic rings. The van der Waals surface area contributed by atoms with Gasteiger partial charge in [-0.3, -0.25) is 4.79 Å². The first-order valence-corrected chi connectivity index (χ1v) is 7.24. The molecule has 1 atom stereocenters. The van der Waals surface area contributed by atoms with Gasteiger partial charge < -0.3 is 10.0 Å². The predicted molar refractivity (Wildman–Crippen MR) is 79.3 cm³/mol. The molecule has 0 saturated carbocycles. The predicted octanol–water partition coefficient (Wildman–Crippen LogP) is 2.60. The minimum atomic E-state index is -0.160. The van der Waals surface area contributed by atoms with E-state index in [9.17, 15) is 4.79 Å². The molecule has 1 rings (SSSR count). The lowest BCUT2D eigenvalue weighted by atomic mass is 10.0. The summed E-state index contributed by atoms with van der Waals surface area (Å²) in [5.74, 6) is 6.01. The minimum absolute atomic E-state index is 0.0372. The van der Waals surface area contributed by atoms with Crippen LogP contribution in [0.1, 0.15) is 41.7 Å². The first kappa shape index (κ1) is 15.7. The molecule has 0 bridgehead atoms. The van der Waals surface area contributed by atoms with Crippen LogP contribution in [0.3, 0.4) is 0 Å². The van der Waals surface area contributed by atoms with Gasteiger partial charge in [-0.25, -0.2) is 0 Å². The molecule has 0 radical (unpaired) electrons. The Kier molecular flexibility index (Phi) is 6.07. The van der Waals surface area contributed by atoms with Crippen LogP contribution in [-0.2, 0) is 0 Å². The summed E-state index contributed by atoms with van der Waals surface area (Å²) in [6.45, 7) is 6.22. The van der Waals surface area contributed by atoms with E-state index >= 15 is 0 Å². The molecule has 1 amide bonds. The second kappa shape index (κ2) is 7.32. The molecule has 19 heavy (non-hydrogen) atoms. The molecule has 1 aromatic heterocycles. The third kappa shape index (κ3) is 4.70. The lowest BCUT2D eigenvalue weighted by Crippen LogP contribution is -2.35. The van der Waals surface area contributed by atoms with Crippen molar-refractivity contribution in [1.82, 2.24) is 4.90 Å². The summed E-state index contributed by atoms with van der Waals surface area (Å²) in [7, 11) is 1.84. The largest absolute Gasteiger partial charge is 0.384 e. The van der Waals surface area contributed by atoms with Gasteiger partial charge in [0, 0.05) is 13.1 Å². The molecule has 0 aliphatic heterocycles. The summed E-state index contributed by atoms with van der Waals surface area (Å²) in [5.41, 5.74) is 0. The van der Waals surface area contributed by atoms with Gasteiger partial charge in [-0.15, -0.1) is 11.3 Å². The zero-order chi connectivity index (χ0) is 14.4. The maximum atomic E-state index is 12.3. The van der Waals surface area contributed by atoms with Crippen molar-refractivity contribution < 1.29 is 9.90 Å². The molecule has 3 nitrogen and oxygen atoms in total. The van der Waals surface area contributed by atoms with E-state index in [1.54, 1.807) is 11.0 Å². The van der Waals surface area contributed by atoms with Crippen LogP contribution in [0, 0.1) is 17.8 Å². The molecule has 1 heterocycles. The van der Waals surface area contributed by atoms with Crippen molar-refractivity contribution in [3.05, 3.63) is 21.9 Å². The Morgan fingerprint density at radius 3 is 2.68 bits per heavy atom. The maximum absolute atomic E-state index is 12.3. The standard InChI is InChI=1S/C15H21NO2S/c1-11(2)10-12(3)16(4)15(18)14-8-7-13(19-14)6-5-9-17/h7-8,11-12,17H,9-10H2,1-4H3. The fourth-order valence-electron chi connectivity index (χ4n) is 1.86. The molecular weight excluding hydrogens is 258 g/mol. The Labute approximate surface area is 119 Å². The van der Waals surface area contributed by atoms with E-state index < -0.39 is 0 Å². The highest BCUT2D eigenvalue weighted by Gasteiger charge is 2.19. The van der Waals surface area contributed by atoms with Gasteiger partial charge in [0.2, 0.25) is 0 Å². The van der Waals surface area contributed by atoms with E-state index in [0.29, 0.717) is 10.8 Å². The number of thiophene rings is 1. The van der Waals surface area contributed by atoms with E-state index in [1.165, 1.54) is 11.3 Å². The maximum Gasteiger partial charge on any atom is 0.263 e. The summed E-state index contributed by atoms with van der Waals surface area (Å²) in [6, 6.07) is 3.84. The van der Waals surface area contributed by atoms with Crippen LogP contribution in [0.4, 0.5) is 0 Å². The van der Waals surface area contributed by atoms with Crippen molar-refractivity contribution in [1.29, 1.82) is 0 Å². The highest BCUT2D eigenvalue weighted by Crippen LogP contribution is 2.19. The molecular formula is C15H21NO2S. The molecule has 0 spiro atoms. The van der Waals surface area contributed by atoms with Crippen molar-refractivity contribution in [2.24, 2.45) is 5.92 Å². The number of hydrogen-bond donors (Lipinski definition) is 1. The molecule has 0 fully saturated rings. The number of carbonyl (C=O) groups excluding carboxylic acids is 1. The number of nitrogens with zero attached hydrogens (tertiary/aromatic N) is 1. The smallest absolute Gasteiger partial charge is 0.263 e. The van der Waals surface area contributed by atoms with E-state index in [1.807, 2.05) is 13.1 Å². The van der Waals surface area contributed by atoms with Gasteiger partial charge in [-0.1, -0.05) is 25.7 Å². The molecule has 0 aliphatic rings. The van der Waals surface area contributed by atoms with Crippen LogP contribution in [0.2, 0.25) is 0 Å². The topological polar surface area (TPSA) is 40.5 Å². The monoisotopic (exact) mass is 279 g/mol. The third-order valence-electron chi connectivity index (χ3n) is 2.90. The number of hydrogen-bond acceptors (Lipinski definition) is 3. The third-order valence-corrected chi connectivity index (χ3v) is 3.89. The van der Waals surface area contributed by atoms with Crippen LogP contribution < -0.4 is 0 Å². The summed E-state index contributed by atoms with van der Waals surface area (Å²) in [6.07, 6.45) is 0.991. The zero-order valence-electron chi connectivity index (χ0n) is 11.9. The Hall–Kier alpha value is -1.31. The minimum Gasteiger partial charge on any atom is -0.384 e. The molecule has 0 saturated heterocycles. The van der Waals surface area contributed by atoms with Crippen molar-refractivity contribution in [3.8, 4) is 11.8 Å². The van der Waals surface area contributed by atoms with Crippen LogP contribution in [0.5, 0.6) is 0 Å². The summed E-state index contributed by atoms with van der Waals surface area (Å²) in [4.78, 5) is 15.6. The van der Waals surface area contributed by atoms with Crippen molar-refractivity contribution in [3.63, 3.8) is 0 Å². The lowest BCUT2D eigenvalue weighted by molar-refractivity contribution is 0.0733. The SMILES string of the molecule is CC(C)CC(C)N(C)C(=O)c1ccc(C#CCO)s1. The van der Waals surface area contributed by atoms with Crippen molar-refractivity contribution in [2.45, 2.75) is 33.2 Å². The van der Waals surface area contributed by atoms with Crippen LogP contribution in [0.15, 0.2) is 12.1 Å². The Morgan fingerprint density at radius 2 is 2.11 bits per heavy atom. The molecule has 1 N–H and O–H groups in total. The highest BCUT2D eigenvalue weighted by atomic mass is 32.1. The molecule has 0 aliphatic carbocycles. The Morgan fingerprint density at radius 1 is 1.42 bits per heavy atom. The number of amides is 1. The molecule has 104 valence electrons. The van der Waals surface area contributed by atoms with E-state index in [-0.39, 0.29) is 18.6 Å². The first-order valence-electron chi connectivity index (χ1n) is 6.42. The molecule has 1 unspecified atom stereocenters. The number of aliphatic hydroxyl groups is 1. The van der Waals surface area contributed by atoms with Gasteiger partial charge in [0.1, 0.15) is 6.61 Å². The zero-order valence-corrected chi connectivity index (χ0v) is 12.8. The van der Waals surface area contributed by atoms with Gasteiger partial charge in [0.25, 0.3) is 5.91 Å². The van der Waals surface area contributed by atoms with Crippen LogP contribution >= 0.6 is 11.3 Å². The van der Waals surface area contributed by atoms with Gasteiger partial charge in [0.05, 0.1) is 9.75 Å². The fourth-order valence-corrected chi connectivity index (χ4v) is 2.72. The van der Waals surface area contributed by atoms with Gasteiger partial charge in [-0.2, -0.15) is 0 Å². The van der Waals surface area contributed by atoms with E-state index in [4.69, 9.17) is 5.11 Å². The van der Waals surface area contributed by atoms with Gasteiger partial charge >= 0.3 is 0 Å². The summed E-state index contributed by atoms with van der Waals surface area (Å²) >= 11 is 1.37. The second-order valence-electron chi connectivity index (χ2n) is 5.02. The Balaban J connectivity index is 2.74.